The summed E-state index contributed by atoms with van der Waals surface area (Å²) in [5.74, 6) is -4.49. The van der Waals surface area contributed by atoms with E-state index in [1.165, 1.54) is 0 Å². The predicted molar refractivity (Wildman–Crippen MR) is 89.2 cm³/mol. The number of nitrogens with zero attached hydrogens (tertiary/aromatic N) is 1. The first-order chi connectivity index (χ1) is 11.8. The van der Waals surface area contributed by atoms with Crippen LogP contribution in [-0.4, -0.2) is 48.1 Å². The Morgan fingerprint density at radius 1 is 1.24 bits per heavy atom. The van der Waals surface area contributed by atoms with Gasteiger partial charge in [-0.3, -0.25) is 0 Å². The van der Waals surface area contributed by atoms with Crippen LogP contribution in [0.25, 0.3) is 0 Å². The van der Waals surface area contributed by atoms with Gasteiger partial charge in [-0.05, 0) is 31.9 Å². The van der Waals surface area contributed by atoms with Crippen LogP contribution in [0, 0.1) is 5.92 Å². The Labute approximate surface area is 146 Å². The second-order valence-electron chi connectivity index (χ2n) is 7.34. The van der Waals surface area contributed by atoms with Gasteiger partial charge in [0.1, 0.15) is 6.10 Å². The Morgan fingerprint density at radius 3 is 2.44 bits per heavy atom. The number of rotatable bonds is 4. The minimum atomic E-state index is -2.85. The average molecular weight is 353 g/mol. The topological polar surface area (TPSA) is 49.8 Å². The first-order valence-corrected chi connectivity index (χ1v) is 8.86. The summed E-state index contributed by atoms with van der Waals surface area (Å²) in [6.45, 7) is 1.62. The molecule has 1 aliphatic heterocycles. The number of piperidine rings is 1. The van der Waals surface area contributed by atoms with Gasteiger partial charge >= 0.3 is 5.97 Å². The van der Waals surface area contributed by atoms with Crippen LogP contribution in [0.4, 0.5) is 8.78 Å². The molecule has 2 atom stereocenters. The standard InChI is InChI=1S/C19H25F2NO3/c1-22-11-8-16(9-12-22)25-17(23)19(24,14-5-3-2-4-6-14)15-7-10-18(20,21)13-15/h2-6,15-16,24H,7-13H2,1H3/t15-,19+/m1/s1. The quantitative estimate of drug-likeness (QED) is 0.846. The monoisotopic (exact) mass is 353 g/mol. The summed E-state index contributed by atoms with van der Waals surface area (Å²) < 4.78 is 33.1. The smallest absolute Gasteiger partial charge is 0.343 e. The summed E-state index contributed by atoms with van der Waals surface area (Å²) in [4.78, 5) is 15.0. The third-order valence-electron chi connectivity index (χ3n) is 5.46. The van der Waals surface area contributed by atoms with Crippen LogP contribution in [0.15, 0.2) is 30.3 Å². The number of hydrogen-bond donors (Lipinski definition) is 1. The largest absolute Gasteiger partial charge is 0.460 e. The van der Waals surface area contributed by atoms with Gasteiger partial charge in [-0.2, -0.15) is 0 Å². The zero-order valence-electron chi connectivity index (χ0n) is 14.5. The molecule has 1 aliphatic carbocycles. The molecule has 1 aromatic rings. The van der Waals surface area contributed by atoms with Gasteiger partial charge in [0.2, 0.25) is 5.92 Å². The van der Waals surface area contributed by atoms with E-state index in [4.69, 9.17) is 4.74 Å². The highest BCUT2D eigenvalue weighted by Gasteiger charge is 2.54. The minimum absolute atomic E-state index is 0.0981. The van der Waals surface area contributed by atoms with E-state index in [-0.39, 0.29) is 18.9 Å². The van der Waals surface area contributed by atoms with Crippen molar-refractivity contribution in [2.45, 2.75) is 49.7 Å². The number of alkyl halides is 2. The summed E-state index contributed by atoms with van der Waals surface area (Å²) in [5.41, 5.74) is -1.69. The summed E-state index contributed by atoms with van der Waals surface area (Å²) in [6, 6.07) is 8.35. The molecule has 2 fully saturated rings. The van der Waals surface area contributed by atoms with Crippen LogP contribution in [0.5, 0.6) is 0 Å². The van der Waals surface area contributed by atoms with Crippen LogP contribution in [-0.2, 0) is 15.1 Å². The van der Waals surface area contributed by atoms with Crippen molar-refractivity contribution >= 4 is 5.97 Å². The van der Waals surface area contributed by atoms with Crippen molar-refractivity contribution in [3.63, 3.8) is 0 Å². The lowest BCUT2D eigenvalue weighted by Crippen LogP contribution is -2.46. The third-order valence-corrected chi connectivity index (χ3v) is 5.46. The molecular formula is C19H25F2NO3. The number of carbonyl (C=O) groups is 1. The molecule has 1 aromatic carbocycles. The fraction of sp³-hybridized carbons (Fsp3) is 0.632. The maximum atomic E-state index is 13.7. The molecule has 2 aliphatic rings. The van der Waals surface area contributed by atoms with E-state index in [1.807, 2.05) is 7.05 Å². The third kappa shape index (κ3) is 3.85. The van der Waals surface area contributed by atoms with Crippen LogP contribution in [0.3, 0.4) is 0 Å². The number of esters is 1. The number of carbonyl (C=O) groups excluding carboxylic acids is 1. The summed E-state index contributed by atoms with van der Waals surface area (Å²) >= 11 is 0. The molecule has 25 heavy (non-hydrogen) atoms. The lowest BCUT2D eigenvalue weighted by atomic mass is 9.80. The zero-order chi connectivity index (χ0) is 18.1. The summed E-state index contributed by atoms with van der Waals surface area (Å²) in [6.07, 6.45) is 0.388. The maximum Gasteiger partial charge on any atom is 0.343 e. The van der Waals surface area contributed by atoms with E-state index in [1.54, 1.807) is 30.3 Å². The molecule has 3 rings (SSSR count). The van der Waals surface area contributed by atoms with E-state index in [0.717, 1.165) is 13.1 Å². The second-order valence-corrected chi connectivity index (χ2v) is 7.34. The van der Waals surface area contributed by atoms with Crippen LogP contribution in [0.1, 0.15) is 37.7 Å². The number of hydrogen-bond acceptors (Lipinski definition) is 4. The molecule has 0 unspecified atom stereocenters. The van der Waals surface area contributed by atoms with Gasteiger partial charge in [0.15, 0.2) is 5.60 Å². The Bertz CT molecular complexity index is 602. The number of halogens is 2. The zero-order valence-corrected chi connectivity index (χ0v) is 14.5. The highest BCUT2D eigenvalue weighted by Crippen LogP contribution is 2.48. The Kier molecular flexibility index (Phi) is 5.11. The number of ether oxygens (including phenoxy) is 1. The molecule has 138 valence electrons. The van der Waals surface area contributed by atoms with E-state index < -0.39 is 29.8 Å². The molecule has 0 amide bonds. The van der Waals surface area contributed by atoms with Crippen LogP contribution in [0.2, 0.25) is 0 Å². The average Bonchev–Trinajstić information content (AvgIpc) is 2.97. The van der Waals surface area contributed by atoms with Gasteiger partial charge in [-0.15, -0.1) is 0 Å². The molecule has 0 spiro atoms. The lowest BCUT2D eigenvalue weighted by Gasteiger charge is -2.35. The molecule has 0 bridgehead atoms. The Morgan fingerprint density at radius 2 is 1.88 bits per heavy atom. The normalized spacial score (nSPS) is 27.0. The Balaban J connectivity index is 1.82. The van der Waals surface area contributed by atoms with Crippen LogP contribution >= 0.6 is 0 Å². The van der Waals surface area contributed by atoms with Crippen molar-refractivity contribution in [2.24, 2.45) is 5.92 Å². The molecule has 6 heteroatoms. The molecule has 1 saturated carbocycles. The fourth-order valence-electron chi connectivity index (χ4n) is 3.86. The fourth-order valence-corrected chi connectivity index (χ4v) is 3.86. The maximum absolute atomic E-state index is 13.7. The van der Waals surface area contributed by atoms with Crippen molar-refractivity contribution in [2.75, 3.05) is 20.1 Å². The minimum Gasteiger partial charge on any atom is -0.460 e. The van der Waals surface area contributed by atoms with E-state index >= 15 is 0 Å². The number of likely N-dealkylation sites (tertiary alicyclic amines) is 1. The molecule has 1 saturated heterocycles. The molecule has 0 aromatic heterocycles. The van der Waals surface area contributed by atoms with Crippen molar-refractivity contribution in [1.82, 2.24) is 4.90 Å². The summed E-state index contributed by atoms with van der Waals surface area (Å²) in [5, 5.41) is 11.2. The van der Waals surface area contributed by atoms with E-state index in [0.29, 0.717) is 18.4 Å². The highest BCUT2D eigenvalue weighted by molar-refractivity contribution is 5.81. The first kappa shape index (κ1) is 18.3. The number of aliphatic hydroxyl groups is 1. The van der Waals surface area contributed by atoms with Crippen molar-refractivity contribution < 1.29 is 23.4 Å². The van der Waals surface area contributed by atoms with E-state index in [9.17, 15) is 18.7 Å². The molecule has 1 heterocycles. The van der Waals surface area contributed by atoms with Gasteiger partial charge < -0.3 is 14.7 Å². The second kappa shape index (κ2) is 7.00. The van der Waals surface area contributed by atoms with Crippen LogP contribution < -0.4 is 0 Å². The van der Waals surface area contributed by atoms with Gasteiger partial charge in [-0.25, -0.2) is 13.6 Å². The SMILES string of the molecule is CN1CCC(OC(=O)[C@](O)(c2ccccc2)[C@@H]2CCC(F)(F)C2)CC1. The Hall–Kier alpha value is -1.53. The molecule has 4 nitrogen and oxygen atoms in total. The molecular weight excluding hydrogens is 328 g/mol. The van der Waals surface area contributed by atoms with Gasteiger partial charge in [0.25, 0.3) is 0 Å². The van der Waals surface area contributed by atoms with Gasteiger partial charge in [-0.1, -0.05) is 30.3 Å². The van der Waals surface area contributed by atoms with E-state index in [2.05, 4.69) is 4.90 Å². The number of benzene rings is 1. The van der Waals surface area contributed by atoms with Gasteiger partial charge in [0.05, 0.1) is 0 Å². The predicted octanol–water partition coefficient (Wildman–Crippen LogP) is 2.95. The summed E-state index contributed by atoms with van der Waals surface area (Å²) in [7, 11) is 2.00. The van der Waals surface area contributed by atoms with Crippen molar-refractivity contribution in [3.8, 4) is 0 Å². The lowest BCUT2D eigenvalue weighted by molar-refractivity contribution is -0.182. The molecule has 0 radical (unpaired) electrons. The highest BCUT2D eigenvalue weighted by atomic mass is 19.3. The van der Waals surface area contributed by atoms with Gasteiger partial charge in [0, 0.05) is 31.8 Å². The van der Waals surface area contributed by atoms with Crippen molar-refractivity contribution in [3.05, 3.63) is 35.9 Å². The molecule has 1 N–H and O–H groups in total. The first-order valence-electron chi connectivity index (χ1n) is 8.86. The van der Waals surface area contributed by atoms with Crippen molar-refractivity contribution in [1.29, 1.82) is 0 Å².